The van der Waals surface area contributed by atoms with E-state index in [1.165, 1.54) is 0 Å². The summed E-state index contributed by atoms with van der Waals surface area (Å²) in [6.45, 7) is 15.5. The highest BCUT2D eigenvalue weighted by molar-refractivity contribution is 5.86. The summed E-state index contributed by atoms with van der Waals surface area (Å²) in [5, 5.41) is 0. The van der Waals surface area contributed by atoms with Crippen LogP contribution in [0.15, 0.2) is 237 Å². The average molecular weight is 1070 g/mol. The number of ether oxygens (including phenoxy) is 6. The Morgan fingerprint density at radius 1 is 0.198 bits per heavy atom. The molecule has 81 heavy (non-hydrogen) atoms. The third kappa shape index (κ3) is 13.1. The fraction of sp³-hybridized carbons (Fsp3) is 0.167. The van der Waals surface area contributed by atoms with Crippen LogP contribution in [0, 0.1) is 0 Å². The van der Waals surface area contributed by atoms with Gasteiger partial charge in [0, 0.05) is 87.6 Å². The van der Waals surface area contributed by atoms with E-state index in [1.807, 2.05) is 114 Å². The molecular formula is C72H69N3O6. The molecule has 0 amide bonds. The van der Waals surface area contributed by atoms with Gasteiger partial charge in [0.25, 0.3) is 0 Å². The van der Waals surface area contributed by atoms with E-state index in [4.69, 9.17) is 28.4 Å². The second-order valence-electron chi connectivity index (χ2n) is 19.0. The highest BCUT2D eigenvalue weighted by Gasteiger charge is 2.20. The first-order valence-electron chi connectivity index (χ1n) is 28.1. The largest absolute Gasteiger partial charge is 0.494 e. The maximum Gasteiger partial charge on any atom is 0.121 e. The molecule has 0 fully saturated rings. The average Bonchev–Trinajstić information content (AvgIpc) is 3.50. The number of nitrogens with zero attached hydrogens (tertiary/aromatic N) is 3. The minimum atomic E-state index is 0.573. The first-order valence-corrected chi connectivity index (χ1v) is 28.1. The molecule has 0 aliphatic rings. The van der Waals surface area contributed by atoms with Gasteiger partial charge in [-0.15, -0.1) is 0 Å². The molecule has 9 nitrogen and oxygen atoms in total. The highest BCUT2D eigenvalue weighted by Crippen LogP contribution is 2.43. The van der Waals surface area contributed by atoms with Gasteiger partial charge in [-0.25, -0.2) is 0 Å². The Morgan fingerprint density at radius 2 is 0.383 bits per heavy atom. The van der Waals surface area contributed by atoms with Crippen LogP contribution in [0.4, 0.5) is 51.2 Å². The van der Waals surface area contributed by atoms with Crippen LogP contribution in [0.3, 0.4) is 0 Å². The molecule has 0 heterocycles. The van der Waals surface area contributed by atoms with Gasteiger partial charge >= 0.3 is 0 Å². The molecule has 0 N–H and O–H groups in total. The lowest BCUT2D eigenvalue weighted by atomic mass is 9.93. The Hall–Kier alpha value is -9.60. The van der Waals surface area contributed by atoms with Crippen LogP contribution in [0.5, 0.6) is 34.5 Å². The van der Waals surface area contributed by atoms with E-state index >= 15 is 0 Å². The minimum absolute atomic E-state index is 0.573. The summed E-state index contributed by atoms with van der Waals surface area (Å²) >= 11 is 0. The Bertz CT molecular complexity index is 3120. The number of hydrogen-bond donors (Lipinski definition) is 0. The lowest BCUT2D eigenvalue weighted by molar-refractivity contribution is 0.340. The molecule has 0 unspecified atom stereocenters. The SMILES string of the molecule is CCOc1cccc(N(c2ccc(-c3cc(-c4ccc(N(c5cccc(OCC)c5)c5cccc(OCC)c5)cc4)cc(-c4ccc(N(c5cccc(OCC)c5)c5cccc(OCC)c5)cc4)c3)cc2)c2cccc(OCC)c2)c1. The van der Waals surface area contributed by atoms with Crippen LogP contribution < -0.4 is 43.1 Å². The lowest BCUT2D eigenvalue weighted by Crippen LogP contribution is -2.10. The van der Waals surface area contributed by atoms with Crippen molar-refractivity contribution in [2.45, 2.75) is 41.5 Å². The third-order valence-corrected chi connectivity index (χ3v) is 13.6. The third-order valence-electron chi connectivity index (χ3n) is 13.6. The molecule has 10 aromatic rings. The van der Waals surface area contributed by atoms with Crippen LogP contribution in [0.25, 0.3) is 33.4 Å². The summed E-state index contributed by atoms with van der Waals surface area (Å²) < 4.78 is 36.0. The number of anilines is 9. The van der Waals surface area contributed by atoms with Crippen LogP contribution in [0.1, 0.15) is 41.5 Å². The van der Waals surface area contributed by atoms with Gasteiger partial charge in [-0.05, 0) is 202 Å². The molecule has 408 valence electrons. The quantitative estimate of drug-likeness (QED) is 0.0589. The van der Waals surface area contributed by atoms with Crippen molar-refractivity contribution in [3.05, 3.63) is 237 Å². The van der Waals surface area contributed by atoms with E-state index in [1.54, 1.807) is 0 Å². The predicted octanol–water partition coefficient (Wildman–Crippen LogP) is 19.5. The van der Waals surface area contributed by atoms with Crippen molar-refractivity contribution in [2.24, 2.45) is 0 Å². The van der Waals surface area contributed by atoms with Crippen molar-refractivity contribution in [2.75, 3.05) is 54.3 Å². The first kappa shape index (κ1) is 54.7. The number of hydrogen-bond acceptors (Lipinski definition) is 9. The lowest BCUT2D eigenvalue weighted by Gasteiger charge is -2.27. The van der Waals surface area contributed by atoms with Gasteiger partial charge in [0.2, 0.25) is 0 Å². The van der Waals surface area contributed by atoms with E-state index in [-0.39, 0.29) is 0 Å². The van der Waals surface area contributed by atoms with Gasteiger partial charge in [0.05, 0.1) is 39.6 Å². The maximum atomic E-state index is 6.00. The molecule has 0 radical (unpaired) electrons. The van der Waals surface area contributed by atoms with Crippen molar-refractivity contribution >= 4 is 51.2 Å². The maximum absolute atomic E-state index is 6.00. The van der Waals surface area contributed by atoms with Crippen molar-refractivity contribution < 1.29 is 28.4 Å². The summed E-state index contributed by atoms with van der Waals surface area (Å²) in [7, 11) is 0. The van der Waals surface area contributed by atoms with Crippen molar-refractivity contribution in [3.8, 4) is 67.9 Å². The zero-order valence-electron chi connectivity index (χ0n) is 47.1. The van der Waals surface area contributed by atoms with E-state index in [0.717, 1.165) is 119 Å². The minimum Gasteiger partial charge on any atom is -0.494 e. The molecule has 10 aromatic carbocycles. The molecule has 0 aliphatic carbocycles. The topological polar surface area (TPSA) is 65.1 Å². The molecule has 9 heteroatoms. The summed E-state index contributed by atoms with van der Waals surface area (Å²) in [6, 6.07) is 82.7. The first-order chi connectivity index (χ1) is 39.8. The second-order valence-corrected chi connectivity index (χ2v) is 19.0. The van der Waals surface area contributed by atoms with E-state index in [0.29, 0.717) is 39.6 Å². The Morgan fingerprint density at radius 3 is 0.556 bits per heavy atom. The Balaban J connectivity index is 1.08. The van der Waals surface area contributed by atoms with Crippen molar-refractivity contribution in [1.82, 2.24) is 0 Å². The van der Waals surface area contributed by atoms with Gasteiger partial charge in [-0.2, -0.15) is 0 Å². The second kappa shape index (κ2) is 26.4. The summed E-state index contributed by atoms with van der Waals surface area (Å²) in [5.74, 6) is 4.84. The zero-order valence-corrected chi connectivity index (χ0v) is 47.1. The number of benzene rings is 10. The highest BCUT2D eigenvalue weighted by atomic mass is 16.5. The van der Waals surface area contributed by atoms with Crippen LogP contribution in [0.2, 0.25) is 0 Å². The molecule has 0 saturated carbocycles. The van der Waals surface area contributed by atoms with Crippen LogP contribution in [-0.4, -0.2) is 39.6 Å². The molecular weight excluding hydrogens is 1000 g/mol. The van der Waals surface area contributed by atoms with Gasteiger partial charge in [0.15, 0.2) is 0 Å². The van der Waals surface area contributed by atoms with Crippen LogP contribution in [-0.2, 0) is 0 Å². The monoisotopic (exact) mass is 1070 g/mol. The normalized spacial score (nSPS) is 10.9. The van der Waals surface area contributed by atoms with E-state index in [2.05, 4.69) is 178 Å². The standard InChI is InChI=1S/C72H69N3O6/c1-7-76-67-25-13-19-61(46-67)73(62-20-14-26-68(47-62)77-8-2)58-37-31-52(32-38-58)55-43-56(53-33-39-59(40-34-53)74(63-21-15-27-69(48-63)78-9-3)64-22-16-28-70(49-64)79-10-4)45-57(44-55)54-35-41-60(42-36-54)75(65-23-17-29-71(50-65)80-11-5)66-24-18-30-72(51-66)81-12-6/h13-51H,7-12H2,1-6H3. The molecule has 10 rings (SSSR count). The summed E-state index contributed by atoms with van der Waals surface area (Å²) in [5.41, 5.74) is 15.3. The zero-order chi connectivity index (χ0) is 55.9. The van der Waals surface area contributed by atoms with E-state index < -0.39 is 0 Å². The van der Waals surface area contributed by atoms with Gasteiger partial charge in [-0.1, -0.05) is 72.8 Å². The number of rotatable bonds is 24. The van der Waals surface area contributed by atoms with Gasteiger partial charge in [0.1, 0.15) is 34.5 Å². The predicted molar refractivity (Wildman–Crippen MR) is 334 cm³/mol. The molecule has 0 aliphatic heterocycles. The summed E-state index contributed by atoms with van der Waals surface area (Å²) in [4.78, 5) is 6.73. The Labute approximate surface area is 477 Å². The van der Waals surface area contributed by atoms with Crippen molar-refractivity contribution in [1.29, 1.82) is 0 Å². The fourth-order valence-electron chi connectivity index (χ4n) is 10.2. The molecule has 0 aromatic heterocycles. The van der Waals surface area contributed by atoms with Gasteiger partial charge < -0.3 is 43.1 Å². The van der Waals surface area contributed by atoms with Crippen LogP contribution >= 0.6 is 0 Å². The molecule has 0 saturated heterocycles. The Kier molecular flexibility index (Phi) is 17.8. The van der Waals surface area contributed by atoms with E-state index in [9.17, 15) is 0 Å². The molecule has 0 spiro atoms. The fourth-order valence-corrected chi connectivity index (χ4v) is 10.2. The smallest absolute Gasteiger partial charge is 0.121 e. The molecule has 0 atom stereocenters. The molecule has 0 bridgehead atoms. The van der Waals surface area contributed by atoms with Crippen molar-refractivity contribution in [3.63, 3.8) is 0 Å². The summed E-state index contributed by atoms with van der Waals surface area (Å²) in [6.07, 6.45) is 0. The van der Waals surface area contributed by atoms with Gasteiger partial charge in [-0.3, -0.25) is 0 Å².